The van der Waals surface area contributed by atoms with Crippen LogP contribution < -0.4 is 10.2 Å². The number of alkyl halides is 3. The van der Waals surface area contributed by atoms with Crippen molar-refractivity contribution in [3.05, 3.63) is 23.9 Å². The van der Waals surface area contributed by atoms with E-state index < -0.39 is 11.9 Å². The summed E-state index contributed by atoms with van der Waals surface area (Å²) in [5, 5.41) is 10.3. The number of anilines is 2. The Morgan fingerprint density at radius 1 is 1.24 bits per heavy atom. The second-order valence-corrected chi connectivity index (χ2v) is 4.54. The van der Waals surface area contributed by atoms with Crippen LogP contribution in [0.2, 0.25) is 0 Å². The zero-order valence-corrected chi connectivity index (χ0v) is 11.1. The molecule has 7 nitrogen and oxygen atoms in total. The van der Waals surface area contributed by atoms with E-state index in [1.54, 1.807) is 11.2 Å². The molecule has 0 fully saturated rings. The van der Waals surface area contributed by atoms with Gasteiger partial charge >= 0.3 is 6.18 Å². The van der Waals surface area contributed by atoms with E-state index >= 15 is 0 Å². The molecule has 21 heavy (non-hydrogen) atoms. The van der Waals surface area contributed by atoms with Gasteiger partial charge in [-0.2, -0.15) is 18.2 Å². The number of aromatic nitrogens is 5. The van der Waals surface area contributed by atoms with Gasteiger partial charge in [0.25, 0.3) is 0 Å². The summed E-state index contributed by atoms with van der Waals surface area (Å²) in [6.07, 6.45) is -2.91. The number of nitrogens with zero attached hydrogens (tertiary/aromatic N) is 6. The first kappa shape index (κ1) is 13.6. The summed E-state index contributed by atoms with van der Waals surface area (Å²) in [6.45, 7) is 1.49. The van der Waals surface area contributed by atoms with Crippen molar-refractivity contribution in [3.63, 3.8) is 0 Å². The van der Waals surface area contributed by atoms with E-state index in [0.717, 1.165) is 6.07 Å². The summed E-state index contributed by atoms with van der Waals surface area (Å²) in [5.74, 6) is 0.849. The van der Waals surface area contributed by atoms with Crippen LogP contribution in [0.3, 0.4) is 0 Å². The SMILES string of the molecule is CNc1nc(N2CCn3cnnc3C2)cc(C(F)(F)F)n1. The Kier molecular flexibility index (Phi) is 3.15. The standard InChI is InChI=1S/C11H12F3N7/c1-15-10-17-7(11(12,13)14)4-8(18-10)20-2-3-21-6-16-19-9(21)5-20/h4,6H,2-3,5H2,1H3,(H,15,17,18). The largest absolute Gasteiger partial charge is 0.433 e. The fraction of sp³-hybridized carbons (Fsp3) is 0.455. The number of hydrogen-bond acceptors (Lipinski definition) is 6. The molecule has 1 aliphatic rings. The zero-order valence-electron chi connectivity index (χ0n) is 11.1. The molecule has 0 saturated carbocycles. The van der Waals surface area contributed by atoms with Gasteiger partial charge in [-0.3, -0.25) is 0 Å². The van der Waals surface area contributed by atoms with E-state index in [1.807, 2.05) is 4.57 Å². The molecule has 0 spiro atoms. The van der Waals surface area contributed by atoms with Crippen molar-refractivity contribution >= 4 is 11.8 Å². The Morgan fingerprint density at radius 3 is 2.76 bits per heavy atom. The fourth-order valence-electron chi connectivity index (χ4n) is 2.12. The van der Waals surface area contributed by atoms with Crippen LogP contribution in [-0.4, -0.2) is 38.3 Å². The molecule has 0 bridgehead atoms. The third-order valence-corrected chi connectivity index (χ3v) is 3.19. The van der Waals surface area contributed by atoms with Crippen molar-refractivity contribution in [1.82, 2.24) is 24.7 Å². The van der Waals surface area contributed by atoms with Gasteiger partial charge in [0.2, 0.25) is 5.95 Å². The third kappa shape index (κ3) is 2.60. The van der Waals surface area contributed by atoms with Gasteiger partial charge in [-0.1, -0.05) is 0 Å². The summed E-state index contributed by atoms with van der Waals surface area (Å²) in [7, 11) is 1.48. The lowest BCUT2D eigenvalue weighted by Gasteiger charge is -2.28. The Labute approximate surface area is 117 Å². The molecule has 0 unspecified atom stereocenters. The summed E-state index contributed by atoms with van der Waals surface area (Å²) in [4.78, 5) is 9.26. The van der Waals surface area contributed by atoms with E-state index in [1.165, 1.54) is 7.05 Å². The van der Waals surface area contributed by atoms with Gasteiger partial charge in [-0.25, -0.2) is 4.98 Å². The minimum absolute atomic E-state index is 0.0631. The van der Waals surface area contributed by atoms with E-state index in [9.17, 15) is 13.2 Å². The first-order chi connectivity index (χ1) is 9.97. The highest BCUT2D eigenvalue weighted by Gasteiger charge is 2.34. The maximum absolute atomic E-state index is 12.9. The maximum Gasteiger partial charge on any atom is 0.433 e. The molecule has 0 saturated heterocycles. The average Bonchev–Trinajstić information content (AvgIpc) is 2.93. The van der Waals surface area contributed by atoms with Crippen molar-refractivity contribution < 1.29 is 13.2 Å². The van der Waals surface area contributed by atoms with Crippen LogP contribution in [0.5, 0.6) is 0 Å². The molecule has 10 heteroatoms. The molecule has 0 radical (unpaired) electrons. The van der Waals surface area contributed by atoms with Crippen LogP contribution in [0.4, 0.5) is 24.9 Å². The highest BCUT2D eigenvalue weighted by Crippen LogP contribution is 2.31. The van der Waals surface area contributed by atoms with Crippen molar-refractivity contribution in [3.8, 4) is 0 Å². The summed E-state index contributed by atoms with van der Waals surface area (Å²) >= 11 is 0. The molecule has 2 aromatic heterocycles. The van der Waals surface area contributed by atoms with Crippen molar-refractivity contribution in [2.24, 2.45) is 0 Å². The van der Waals surface area contributed by atoms with E-state index in [0.29, 0.717) is 25.5 Å². The molecular weight excluding hydrogens is 287 g/mol. The molecule has 0 aliphatic carbocycles. The van der Waals surface area contributed by atoms with Crippen LogP contribution in [0.25, 0.3) is 0 Å². The van der Waals surface area contributed by atoms with Crippen LogP contribution in [0.1, 0.15) is 11.5 Å². The summed E-state index contributed by atoms with van der Waals surface area (Å²) in [6, 6.07) is 0.951. The lowest BCUT2D eigenvalue weighted by atomic mass is 10.3. The first-order valence-corrected chi connectivity index (χ1v) is 6.23. The fourth-order valence-corrected chi connectivity index (χ4v) is 2.12. The minimum Gasteiger partial charge on any atom is -0.357 e. The topological polar surface area (TPSA) is 71.8 Å². The zero-order chi connectivity index (χ0) is 15.0. The van der Waals surface area contributed by atoms with Gasteiger partial charge in [-0.15, -0.1) is 10.2 Å². The van der Waals surface area contributed by atoms with E-state index in [-0.39, 0.29) is 11.8 Å². The number of nitrogens with one attached hydrogen (secondary N) is 1. The quantitative estimate of drug-likeness (QED) is 0.897. The molecule has 1 aliphatic heterocycles. The number of rotatable bonds is 2. The minimum atomic E-state index is -4.51. The molecule has 0 aromatic carbocycles. The summed E-state index contributed by atoms with van der Waals surface area (Å²) < 4.78 is 40.5. The average molecular weight is 299 g/mol. The maximum atomic E-state index is 12.9. The van der Waals surface area contributed by atoms with Crippen LogP contribution in [-0.2, 0) is 19.3 Å². The first-order valence-electron chi connectivity index (χ1n) is 6.23. The molecule has 0 amide bonds. The van der Waals surface area contributed by atoms with Gasteiger partial charge in [0.15, 0.2) is 11.5 Å². The Morgan fingerprint density at radius 2 is 2.05 bits per heavy atom. The molecule has 3 rings (SSSR count). The molecule has 2 aromatic rings. The molecular formula is C11H12F3N7. The van der Waals surface area contributed by atoms with Crippen molar-refractivity contribution in [2.45, 2.75) is 19.3 Å². The van der Waals surface area contributed by atoms with Crippen LogP contribution in [0.15, 0.2) is 12.4 Å². The highest BCUT2D eigenvalue weighted by atomic mass is 19.4. The second-order valence-electron chi connectivity index (χ2n) is 4.54. The van der Waals surface area contributed by atoms with Gasteiger partial charge in [0, 0.05) is 26.2 Å². The van der Waals surface area contributed by atoms with Gasteiger partial charge in [0.1, 0.15) is 12.1 Å². The Balaban J connectivity index is 1.95. The van der Waals surface area contributed by atoms with Gasteiger partial charge in [-0.05, 0) is 0 Å². The summed E-state index contributed by atoms with van der Waals surface area (Å²) in [5.41, 5.74) is -0.969. The van der Waals surface area contributed by atoms with E-state index in [4.69, 9.17) is 0 Å². The monoisotopic (exact) mass is 299 g/mol. The lowest BCUT2D eigenvalue weighted by molar-refractivity contribution is -0.141. The third-order valence-electron chi connectivity index (χ3n) is 3.19. The second kappa shape index (κ2) is 4.86. The molecule has 112 valence electrons. The number of fused-ring (bicyclic) bond motifs is 1. The normalized spacial score (nSPS) is 15.0. The number of halogens is 3. The molecule has 1 N–H and O–H groups in total. The van der Waals surface area contributed by atoms with Crippen LogP contribution in [0, 0.1) is 0 Å². The predicted octanol–water partition coefficient (Wildman–Crippen LogP) is 1.15. The number of hydrogen-bond donors (Lipinski definition) is 1. The van der Waals surface area contributed by atoms with Crippen molar-refractivity contribution in [2.75, 3.05) is 23.8 Å². The Hall–Kier alpha value is -2.39. The lowest BCUT2D eigenvalue weighted by Crippen LogP contribution is -2.34. The highest BCUT2D eigenvalue weighted by molar-refractivity contribution is 5.46. The molecule has 0 atom stereocenters. The smallest absolute Gasteiger partial charge is 0.357 e. The van der Waals surface area contributed by atoms with Gasteiger partial charge < -0.3 is 14.8 Å². The van der Waals surface area contributed by atoms with E-state index in [2.05, 4.69) is 25.5 Å². The van der Waals surface area contributed by atoms with Gasteiger partial charge in [0.05, 0.1) is 6.54 Å². The van der Waals surface area contributed by atoms with Crippen LogP contribution >= 0.6 is 0 Å². The predicted molar refractivity (Wildman–Crippen MR) is 67.7 cm³/mol. The molecule has 3 heterocycles. The van der Waals surface area contributed by atoms with Crippen molar-refractivity contribution in [1.29, 1.82) is 0 Å². The Bertz CT molecular complexity index is 652.